The molecule has 1 aromatic heterocycles. The third-order valence-corrected chi connectivity index (χ3v) is 3.59. The lowest BCUT2D eigenvalue weighted by atomic mass is 10.0. The third-order valence-electron chi connectivity index (χ3n) is 3.10. The molecule has 0 saturated carbocycles. The summed E-state index contributed by atoms with van der Waals surface area (Å²) in [6.07, 6.45) is 0. The topological polar surface area (TPSA) is 39.2 Å². The highest BCUT2D eigenvalue weighted by Crippen LogP contribution is 2.29. The van der Waals surface area contributed by atoms with E-state index in [4.69, 9.17) is 10.2 Å². The Kier molecular flexibility index (Phi) is 3.31. The Balaban J connectivity index is 2.05. The van der Waals surface area contributed by atoms with Crippen LogP contribution in [0.3, 0.4) is 0 Å². The Morgan fingerprint density at radius 1 is 1.05 bits per heavy atom. The van der Waals surface area contributed by atoms with Gasteiger partial charge in [-0.2, -0.15) is 0 Å². The van der Waals surface area contributed by atoms with Gasteiger partial charge in [-0.05, 0) is 36.4 Å². The molecule has 0 radical (unpaired) electrons. The molecule has 20 heavy (non-hydrogen) atoms. The van der Waals surface area contributed by atoms with Gasteiger partial charge in [-0.15, -0.1) is 0 Å². The minimum Gasteiger partial charge on any atom is -0.459 e. The molecule has 2 nitrogen and oxygen atoms in total. The minimum atomic E-state index is -0.737. The second kappa shape index (κ2) is 5.00. The number of furan rings is 1. The van der Waals surface area contributed by atoms with Crippen molar-refractivity contribution >= 4 is 26.9 Å². The van der Waals surface area contributed by atoms with E-state index < -0.39 is 11.9 Å². The number of hydrogen-bond donors (Lipinski definition) is 1. The SMILES string of the molecule is NC(c1cc2cc(F)ccc2o1)c1ccc(Br)cc1F. The molecule has 2 aromatic carbocycles. The Bertz CT molecular complexity index is 785. The molecule has 102 valence electrons. The number of benzene rings is 2. The number of halogens is 3. The first kappa shape index (κ1) is 13.3. The lowest BCUT2D eigenvalue weighted by molar-refractivity contribution is 0.509. The first-order valence-electron chi connectivity index (χ1n) is 5.94. The Morgan fingerprint density at radius 3 is 2.60 bits per heavy atom. The summed E-state index contributed by atoms with van der Waals surface area (Å²) < 4.78 is 33.2. The van der Waals surface area contributed by atoms with Crippen molar-refractivity contribution < 1.29 is 13.2 Å². The van der Waals surface area contributed by atoms with E-state index in [1.165, 1.54) is 24.3 Å². The molecule has 0 bridgehead atoms. The number of nitrogens with two attached hydrogens (primary N) is 1. The van der Waals surface area contributed by atoms with Crippen molar-refractivity contribution in [1.29, 1.82) is 0 Å². The van der Waals surface area contributed by atoms with E-state index in [1.807, 2.05) is 0 Å². The van der Waals surface area contributed by atoms with Gasteiger partial charge < -0.3 is 10.2 Å². The van der Waals surface area contributed by atoms with Gasteiger partial charge in [-0.3, -0.25) is 0 Å². The van der Waals surface area contributed by atoms with E-state index in [1.54, 1.807) is 18.2 Å². The van der Waals surface area contributed by atoms with E-state index in [0.29, 0.717) is 26.8 Å². The number of fused-ring (bicyclic) bond motifs is 1. The molecule has 5 heteroatoms. The van der Waals surface area contributed by atoms with Gasteiger partial charge in [0.1, 0.15) is 23.0 Å². The fraction of sp³-hybridized carbons (Fsp3) is 0.0667. The molecule has 0 aliphatic heterocycles. The average Bonchev–Trinajstić information content (AvgIpc) is 2.81. The summed E-state index contributed by atoms with van der Waals surface area (Å²) in [6, 6.07) is 9.73. The molecule has 3 aromatic rings. The molecule has 0 aliphatic rings. The number of rotatable bonds is 2. The molecule has 3 rings (SSSR count). The van der Waals surface area contributed by atoms with Gasteiger partial charge in [-0.1, -0.05) is 22.0 Å². The quantitative estimate of drug-likeness (QED) is 0.746. The van der Waals surface area contributed by atoms with E-state index in [2.05, 4.69) is 15.9 Å². The second-order valence-corrected chi connectivity index (χ2v) is 5.39. The highest BCUT2D eigenvalue weighted by atomic mass is 79.9. The summed E-state index contributed by atoms with van der Waals surface area (Å²) in [5.41, 5.74) is 6.88. The highest BCUT2D eigenvalue weighted by molar-refractivity contribution is 9.10. The lowest BCUT2D eigenvalue weighted by Crippen LogP contribution is -2.12. The first-order chi connectivity index (χ1) is 9.54. The van der Waals surface area contributed by atoms with E-state index in [9.17, 15) is 8.78 Å². The predicted molar refractivity (Wildman–Crippen MR) is 76.3 cm³/mol. The summed E-state index contributed by atoms with van der Waals surface area (Å²) in [4.78, 5) is 0. The van der Waals surface area contributed by atoms with Gasteiger partial charge in [0.15, 0.2) is 0 Å². The predicted octanol–water partition coefficient (Wildman–Crippen LogP) is 4.52. The van der Waals surface area contributed by atoms with Crippen LogP contribution in [-0.4, -0.2) is 0 Å². The molecule has 0 aliphatic carbocycles. The minimum absolute atomic E-state index is 0.327. The van der Waals surface area contributed by atoms with Crippen molar-refractivity contribution in [3.05, 3.63) is 69.9 Å². The monoisotopic (exact) mass is 337 g/mol. The Hall–Kier alpha value is -1.72. The van der Waals surface area contributed by atoms with Crippen LogP contribution in [0.4, 0.5) is 8.78 Å². The van der Waals surface area contributed by atoms with Gasteiger partial charge in [-0.25, -0.2) is 8.78 Å². The van der Waals surface area contributed by atoms with Crippen LogP contribution in [0.1, 0.15) is 17.4 Å². The summed E-state index contributed by atoms with van der Waals surface area (Å²) in [7, 11) is 0. The molecule has 1 atom stereocenters. The second-order valence-electron chi connectivity index (χ2n) is 4.47. The fourth-order valence-corrected chi connectivity index (χ4v) is 2.43. The molecular formula is C15H10BrF2NO. The number of hydrogen-bond acceptors (Lipinski definition) is 2. The smallest absolute Gasteiger partial charge is 0.134 e. The maximum absolute atomic E-state index is 13.9. The maximum atomic E-state index is 13.9. The average molecular weight is 338 g/mol. The largest absolute Gasteiger partial charge is 0.459 e. The Morgan fingerprint density at radius 2 is 1.85 bits per heavy atom. The normalized spacial score (nSPS) is 12.8. The summed E-state index contributed by atoms with van der Waals surface area (Å²) in [6.45, 7) is 0. The van der Waals surface area contributed by atoms with Gasteiger partial charge in [0.05, 0.1) is 6.04 Å². The molecule has 2 N–H and O–H groups in total. The summed E-state index contributed by atoms with van der Waals surface area (Å²) in [5, 5.41) is 0.605. The van der Waals surface area contributed by atoms with Crippen LogP contribution < -0.4 is 5.73 Å². The molecule has 0 saturated heterocycles. The van der Waals surface area contributed by atoms with Crippen LogP contribution in [0.15, 0.2) is 51.4 Å². The van der Waals surface area contributed by atoms with E-state index in [-0.39, 0.29) is 5.82 Å². The molecule has 1 heterocycles. The molecule has 0 spiro atoms. The van der Waals surface area contributed by atoms with Gasteiger partial charge in [0.2, 0.25) is 0 Å². The third kappa shape index (κ3) is 2.34. The van der Waals surface area contributed by atoms with Crippen LogP contribution in [0, 0.1) is 11.6 Å². The van der Waals surface area contributed by atoms with E-state index >= 15 is 0 Å². The van der Waals surface area contributed by atoms with Gasteiger partial charge in [0.25, 0.3) is 0 Å². The van der Waals surface area contributed by atoms with Crippen molar-refractivity contribution in [1.82, 2.24) is 0 Å². The maximum Gasteiger partial charge on any atom is 0.134 e. The standard InChI is InChI=1S/C15H10BrF2NO/c16-9-1-3-11(12(18)7-9)15(19)14-6-8-5-10(17)2-4-13(8)20-14/h1-7,15H,19H2. The van der Waals surface area contributed by atoms with Crippen molar-refractivity contribution in [3.8, 4) is 0 Å². The molecule has 0 amide bonds. The van der Waals surface area contributed by atoms with E-state index in [0.717, 1.165) is 0 Å². The zero-order valence-corrected chi connectivity index (χ0v) is 11.8. The first-order valence-corrected chi connectivity index (χ1v) is 6.73. The fourth-order valence-electron chi connectivity index (χ4n) is 2.10. The lowest BCUT2D eigenvalue weighted by Gasteiger charge is -2.10. The van der Waals surface area contributed by atoms with Crippen LogP contribution in [0.2, 0.25) is 0 Å². The van der Waals surface area contributed by atoms with Crippen molar-refractivity contribution in [2.24, 2.45) is 5.73 Å². The zero-order valence-electron chi connectivity index (χ0n) is 10.2. The molecular weight excluding hydrogens is 328 g/mol. The summed E-state index contributed by atoms with van der Waals surface area (Å²) >= 11 is 3.19. The highest BCUT2D eigenvalue weighted by Gasteiger charge is 2.18. The van der Waals surface area contributed by atoms with Crippen LogP contribution in [-0.2, 0) is 0 Å². The van der Waals surface area contributed by atoms with Crippen LogP contribution in [0.5, 0.6) is 0 Å². The molecule has 1 unspecified atom stereocenters. The van der Waals surface area contributed by atoms with Crippen LogP contribution in [0.25, 0.3) is 11.0 Å². The van der Waals surface area contributed by atoms with Crippen molar-refractivity contribution in [3.63, 3.8) is 0 Å². The zero-order chi connectivity index (χ0) is 14.3. The van der Waals surface area contributed by atoms with Gasteiger partial charge in [0, 0.05) is 15.4 Å². The van der Waals surface area contributed by atoms with Crippen molar-refractivity contribution in [2.45, 2.75) is 6.04 Å². The van der Waals surface area contributed by atoms with Crippen molar-refractivity contribution in [2.75, 3.05) is 0 Å². The van der Waals surface area contributed by atoms with Crippen LogP contribution >= 0.6 is 15.9 Å². The van der Waals surface area contributed by atoms with Gasteiger partial charge >= 0.3 is 0 Å². The molecule has 0 fully saturated rings. The Labute approximate surface area is 122 Å². The summed E-state index contributed by atoms with van der Waals surface area (Å²) in [5.74, 6) is -0.376.